The summed E-state index contributed by atoms with van der Waals surface area (Å²) in [5, 5.41) is 6.54. The van der Waals surface area contributed by atoms with E-state index in [1.165, 1.54) is 17.2 Å². The number of nitrogens with zero attached hydrogens (tertiary/aromatic N) is 2. The van der Waals surface area contributed by atoms with Crippen LogP contribution in [0.25, 0.3) is 0 Å². The maximum Gasteiger partial charge on any atom is 0.191 e. The van der Waals surface area contributed by atoms with Gasteiger partial charge in [0.05, 0.1) is 6.54 Å². The summed E-state index contributed by atoms with van der Waals surface area (Å²) in [7, 11) is 5.84. The molecule has 146 valence electrons. The number of aliphatic imine (C=N–C) groups is 1. The summed E-state index contributed by atoms with van der Waals surface area (Å²) in [6.07, 6.45) is -0.207. The molecule has 27 heavy (non-hydrogen) atoms. The highest BCUT2D eigenvalue weighted by Crippen LogP contribution is 2.16. The molecule has 1 unspecified atom stereocenters. The molecule has 0 radical (unpaired) electrons. The summed E-state index contributed by atoms with van der Waals surface area (Å²) in [6, 6.07) is 14.8. The summed E-state index contributed by atoms with van der Waals surface area (Å²) in [5.41, 5.74) is 2.51. The predicted molar refractivity (Wildman–Crippen MR) is 109 cm³/mol. The van der Waals surface area contributed by atoms with Gasteiger partial charge in [-0.05, 0) is 44.3 Å². The Hall–Kier alpha value is -2.60. The Morgan fingerprint density at radius 1 is 1.07 bits per heavy atom. The molecule has 0 aliphatic heterocycles. The van der Waals surface area contributed by atoms with Crippen molar-refractivity contribution in [3.63, 3.8) is 0 Å². The third kappa shape index (κ3) is 6.90. The summed E-state index contributed by atoms with van der Waals surface area (Å²) >= 11 is 0. The van der Waals surface area contributed by atoms with Crippen LogP contribution in [-0.4, -0.2) is 44.7 Å². The highest BCUT2D eigenvalue weighted by Gasteiger charge is 2.09. The van der Waals surface area contributed by atoms with Crippen LogP contribution in [0.5, 0.6) is 5.75 Å². The zero-order chi connectivity index (χ0) is 19.6. The maximum atomic E-state index is 13.7. The number of benzene rings is 2. The van der Waals surface area contributed by atoms with Crippen molar-refractivity contribution in [3.8, 4) is 5.75 Å². The summed E-state index contributed by atoms with van der Waals surface area (Å²) < 4.78 is 19.3. The molecule has 2 rings (SSSR count). The molecule has 2 aromatic rings. The quantitative estimate of drug-likeness (QED) is 0.552. The lowest BCUT2D eigenvalue weighted by Crippen LogP contribution is -2.41. The second-order valence-electron chi connectivity index (χ2n) is 6.67. The van der Waals surface area contributed by atoms with Crippen LogP contribution >= 0.6 is 0 Å². The van der Waals surface area contributed by atoms with E-state index in [2.05, 4.69) is 52.8 Å². The first-order valence-corrected chi connectivity index (χ1v) is 9.06. The van der Waals surface area contributed by atoms with Crippen LogP contribution in [0, 0.1) is 5.82 Å². The number of hydrogen-bond donors (Lipinski definition) is 2. The van der Waals surface area contributed by atoms with E-state index < -0.39 is 0 Å². The lowest BCUT2D eigenvalue weighted by Gasteiger charge is -2.19. The number of hydrogen-bond acceptors (Lipinski definition) is 3. The first kappa shape index (κ1) is 20.7. The van der Waals surface area contributed by atoms with E-state index in [1.54, 1.807) is 25.2 Å². The van der Waals surface area contributed by atoms with Gasteiger partial charge in [0.25, 0.3) is 0 Å². The van der Waals surface area contributed by atoms with Gasteiger partial charge in [0, 0.05) is 20.1 Å². The van der Waals surface area contributed by atoms with Crippen molar-refractivity contribution in [2.24, 2.45) is 4.99 Å². The van der Waals surface area contributed by atoms with Gasteiger partial charge in [0.1, 0.15) is 6.10 Å². The van der Waals surface area contributed by atoms with Crippen LogP contribution < -0.4 is 15.4 Å². The van der Waals surface area contributed by atoms with Crippen molar-refractivity contribution in [1.82, 2.24) is 15.5 Å². The monoisotopic (exact) mass is 372 g/mol. The van der Waals surface area contributed by atoms with Crippen molar-refractivity contribution in [1.29, 1.82) is 0 Å². The van der Waals surface area contributed by atoms with E-state index in [0.29, 0.717) is 19.0 Å². The zero-order valence-corrected chi connectivity index (χ0v) is 16.5. The van der Waals surface area contributed by atoms with E-state index in [9.17, 15) is 4.39 Å². The van der Waals surface area contributed by atoms with E-state index in [0.717, 1.165) is 6.54 Å². The zero-order valence-electron chi connectivity index (χ0n) is 16.5. The maximum absolute atomic E-state index is 13.7. The highest BCUT2D eigenvalue weighted by molar-refractivity contribution is 5.79. The highest BCUT2D eigenvalue weighted by atomic mass is 19.1. The van der Waals surface area contributed by atoms with Crippen molar-refractivity contribution < 1.29 is 9.13 Å². The molecule has 1 atom stereocenters. The number of guanidine groups is 1. The second kappa shape index (κ2) is 10.5. The van der Waals surface area contributed by atoms with Gasteiger partial charge in [0.2, 0.25) is 0 Å². The Bertz CT molecular complexity index is 748. The standard InChI is InChI=1S/C21H29FN4O/c1-16(27-20-12-8-7-11-19(20)22)13-24-21(23-2)25-14-17-9-5-6-10-18(17)15-26(3)4/h5-12,16H,13-15H2,1-4H3,(H2,23,24,25). The molecule has 2 N–H and O–H groups in total. The van der Waals surface area contributed by atoms with Crippen molar-refractivity contribution in [3.05, 3.63) is 65.5 Å². The summed E-state index contributed by atoms with van der Waals surface area (Å²) in [6.45, 7) is 3.95. The molecule has 0 amide bonds. The van der Waals surface area contributed by atoms with Crippen molar-refractivity contribution in [2.75, 3.05) is 27.7 Å². The molecular formula is C21H29FN4O. The average Bonchev–Trinajstić information content (AvgIpc) is 2.64. The average molecular weight is 372 g/mol. The lowest BCUT2D eigenvalue weighted by molar-refractivity contribution is 0.214. The van der Waals surface area contributed by atoms with Gasteiger partial charge in [-0.3, -0.25) is 4.99 Å². The second-order valence-corrected chi connectivity index (χ2v) is 6.67. The van der Waals surface area contributed by atoms with Gasteiger partial charge in [-0.25, -0.2) is 4.39 Å². The van der Waals surface area contributed by atoms with Crippen LogP contribution in [0.15, 0.2) is 53.5 Å². The Morgan fingerprint density at radius 3 is 2.41 bits per heavy atom. The fourth-order valence-electron chi connectivity index (χ4n) is 2.66. The lowest BCUT2D eigenvalue weighted by atomic mass is 10.1. The Kier molecular flexibility index (Phi) is 8.07. The Morgan fingerprint density at radius 2 is 1.74 bits per heavy atom. The number of ether oxygens (including phenoxy) is 1. The minimum absolute atomic E-state index is 0.207. The molecular weight excluding hydrogens is 343 g/mol. The Balaban J connectivity index is 1.85. The number of nitrogens with one attached hydrogen (secondary N) is 2. The smallest absolute Gasteiger partial charge is 0.191 e. The predicted octanol–water partition coefficient (Wildman–Crippen LogP) is 3.02. The minimum atomic E-state index is -0.357. The molecule has 0 spiro atoms. The number of rotatable bonds is 8. The van der Waals surface area contributed by atoms with E-state index in [4.69, 9.17) is 4.74 Å². The van der Waals surface area contributed by atoms with Crippen molar-refractivity contribution in [2.45, 2.75) is 26.1 Å². The van der Waals surface area contributed by atoms with Gasteiger partial charge in [-0.15, -0.1) is 0 Å². The van der Waals surface area contributed by atoms with Gasteiger partial charge >= 0.3 is 0 Å². The van der Waals surface area contributed by atoms with Crippen LogP contribution in [0.1, 0.15) is 18.1 Å². The van der Waals surface area contributed by atoms with Crippen LogP contribution in [0.4, 0.5) is 4.39 Å². The van der Waals surface area contributed by atoms with Gasteiger partial charge in [-0.1, -0.05) is 36.4 Å². The first-order chi connectivity index (χ1) is 13.0. The van der Waals surface area contributed by atoms with Crippen molar-refractivity contribution >= 4 is 5.96 Å². The fraction of sp³-hybridized carbons (Fsp3) is 0.381. The molecule has 5 nitrogen and oxygen atoms in total. The third-order valence-electron chi connectivity index (χ3n) is 4.00. The molecule has 0 aliphatic rings. The molecule has 0 aromatic heterocycles. The van der Waals surface area contributed by atoms with E-state index >= 15 is 0 Å². The molecule has 0 saturated heterocycles. The molecule has 0 bridgehead atoms. The SMILES string of the molecule is CN=C(NCc1ccccc1CN(C)C)NCC(C)Oc1ccccc1F. The molecule has 0 fully saturated rings. The molecule has 0 aliphatic carbocycles. The number of para-hydroxylation sites is 1. The molecule has 2 aromatic carbocycles. The van der Waals surface area contributed by atoms with Gasteiger partial charge < -0.3 is 20.3 Å². The number of halogens is 1. The molecule has 6 heteroatoms. The van der Waals surface area contributed by atoms with Crippen LogP contribution in [0.3, 0.4) is 0 Å². The molecule has 0 saturated carbocycles. The topological polar surface area (TPSA) is 48.9 Å². The van der Waals surface area contributed by atoms with Gasteiger partial charge in [-0.2, -0.15) is 0 Å². The largest absolute Gasteiger partial charge is 0.486 e. The van der Waals surface area contributed by atoms with E-state index in [1.807, 2.05) is 13.0 Å². The van der Waals surface area contributed by atoms with Crippen LogP contribution in [-0.2, 0) is 13.1 Å². The minimum Gasteiger partial charge on any atom is -0.486 e. The normalized spacial score (nSPS) is 12.7. The first-order valence-electron chi connectivity index (χ1n) is 9.06. The van der Waals surface area contributed by atoms with Gasteiger partial charge in [0.15, 0.2) is 17.5 Å². The summed E-state index contributed by atoms with van der Waals surface area (Å²) in [5.74, 6) is 0.579. The summed E-state index contributed by atoms with van der Waals surface area (Å²) in [4.78, 5) is 6.39. The molecule has 0 heterocycles. The Labute approximate surface area is 161 Å². The van der Waals surface area contributed by atoms with E-state index in [-0.39, 0.29) is 17.7 Å². The van der Waals surface area contributed by atoms with Crippen LogP contribution in [0.2, 0.25) is 0 Å². The third-order valence-corrected chi connectivity index (χ3v) is 4.00. The fourth-order valence-corrected chi connectivity index (χ4v) is 2.66.